The van der Waals surface area contributed by atoms with Gasteiger partial charge in [0.1, 0.15) is 5.75 Å². The van der Waals surface area contributed by atoms with Crippen LogP contribution in [0, 0.1) is 14.4 Å². The summed E-state index contributed by atoms with van der Waals surface area (Å²) < 4.78 is 0. The van der Waals surface area contributed by atoms with E-state index in [2.05, 4.69) is 69.1 Å². The maximum atomic E-state index is 10.9. The van der Waals surface area contributed by atoms with Gasteiger partial charge >= 0.3 is 35.6 Å². The number of piperidine rings is 1. The zero-order valence-electron chi connectivity index (χ0n) is 19.2. The molecule has 3 rings (SSSR count). The molecule has 2 aromatic rings. The number of hydrogen-bond acceptors (Lipinski definition) is 3. The second-order valence-corrected chi connectivity index (χ2v) is 12.4. The van der Waals surface area contributed by atoms with E-state index in [-0.39, 0.29) is 12.8 Å². The first kappa shape index (κ1) is 28.5. The molecule has 2 aromatic carbocycles. The van der Waals surface area contributed by atoms with Crippen molar-refractivity contribution in [3.05, 3.63) is 60.5 Å². The quantitative estimate of drug-likeness (QED) is 0.225. The Hall–Kier alpha value is -0.566. The molecule has 0 saturated carbocycles. The first-order valence-electron chi connectivity index (χ1n) is 10.2. The Balaban J connectivity index is 0.00000113. The molecule has 1 N–H and O–H groups in total. The van der Waals surface area contributed by atoms with Gasteiger partial charge in [-0.05, 0) is 48.5 Å². The fraction of sp³-hybridized carbons (Fsp3) is 0.417. The summed E-state index contributed by atoms with van der Waals surface area (Å²) in [5.74, 6) is 0.439. The topological polar surface area (TPSA) is 35.8 Å². The molecule has 0 radical (unpaired) electrons. The Morgan fingerprint density at radius 3 is 2.29 bits per heavy atom. The van der Waals surface area contributed by atoms with Crippen molar-refractivity contribution in [2.45, 2.75) is 52.4 Å². The third kappa shape index (κ3) is 9.07. The van der Waals surface area contributed by atoms with Crippen LogP contribution in [0.25, 0.3) is 0 Å². The number of aryl methyl sites for hydroxylation is 1. The van der Waals surface area contributed by atoms with Gasteiger partial charge in [0.05, 0.1) is 6.21 Å². The van der Waals surface area contributed by atoms with Gasteiger partial charge in [-0.15, -0.1) is 0 Å². The standard InChI is InChI=1S/C23H31N2OP.CH3.2ClH.Ti/c1-17-14-19(23(2,3)4)22(26)21(15-17)27-20-11-7-6-10-18(20)16-24-25-12-8-5-9-13-25;;;;/h6-7,10-11,14-16,26-27H,5,8-9,12-13H2,1-4H3;1H3;2*1H;/q;-1;;;+2/p-2/b24-16+;;;;. The zero-order valence-corrected chi connectivity index (χ0v) is 23.2. The van der Waals surface area contributed by atoms with Gasteiger partial charge in [0.2, 0.25) is 0 Å². The van der Waals surface area contributed by atoms with Crippen molar-refractivity contribution in [1.82, 2.24) is 5.01 Å². The van der Waals surface area contributed by atoms with Crippen molar-refractivity contribution < 1.29 is 22.1 Å². The third-order valence-electron chi connectivity index (χ3n) is 4.98. The monoisotopic (exact) mass is 515 g/mol. The summed E-state index contributed by atoms with van der Waals surface area (Å²) in [5, 5.41) is 20.0. The Bertz CT molecular complexity index is 850. The molecule has 1 aliphatic heterocycles. The number of rotatable bonds is 4. The van der Waals surface area contributed by atoms with Crippen LogP contribution in [-0.2, 0) is 22.4 Å². The van der Waals surface area contributed by atoms with E-state index in [1.54, 1.807) is 0 Å². The van der Waals surface area contributed by atoms with Crippen LogP contribution in [-0.4, -0.2) is 29.4 Å². The van der Waals surface area contributed by atoms with Crippen molar-refractivity contribution >= 4 is 44.0 Å². The number of hydrogen-bond donors (Lipinski definition) is 1. The molecule has 1 aliphatic rings. The van der Waals surface area contributed by atoms with Gasteiger partial charge in [-0.2, -0.15) is 5.10 Å². The summed E-state index contributed by atoms with van der Waals surface area (Å²) in [7, 11) is 10.2. The van der Waals surface area contributed by atoms with E-state index in [1.807, 2.05) is 6.21 Å². The second-order valence-electron chi connectivity index (χ2n) is 8.50. The van der Waals surface area contributed by atoms with Crippen molar-refractivity contribution in [3.63, 3.8) is 0 Å². The molecule has 3 nitrogen and oxygen atoms in total. The Morgan fingerprint density at radius 2 is 1.68 bits per heavy atom. The molecule has 1 fully saturated rings. The van der Waals surface area contributed by atoms with Crippen LogP contribution in [0.1, 0.15) is 56.7 Å². The Morgan fingerprint density at radius 1 is 1.06 bits per heavy atom. The van der Waals surface area contributed by atoms with Crippen LogP contribution in [0.2, 0.25) is 0 Å². The number of phenols is 1. The first-order valence-corrected chi connectivity index (χ1v) is 15.5. The first-order chi connectivity index (χ1) is 14.3. The van der Waals surface area contributed by atoms with Gasteiger partial charge in [0, 0.05) is 29.5 Å². The van der Waals surface area contributed by atoms with E-state index in [1.165, 1.54) is 30.1 Å². The second kappa shape index (κ2) is 13.9. The van der Waals surface area contributed by atoms with Gasteiger partial charge in [0.25, 0.3) is 0 Å². The number of benzene rings is 2. The SMILES string of the molecule is Cc1cc(Pc2ccccc2/C=N/N2CCCCC2)c(O)c(C(C)(C)C)c1.[CH3-].[Cl][Ti][Cl]. The number of hydrazone groups is 1. The normalized spacial score (nSPS) is 14.3. The molecule has 0 aliphatic carbocycles. The van der Waals surface area contributed by atoms with Gasteiger partial charge in [-0.3, -0.25) is 5.01 Å². The third-order valence-corrected chi connectivity index (χ3v) is 6.36. The van der Waals surface area contributed by atoms with Crippen LogP contribution in [0.4, 0.5) is 0 Å². The molecular formula is C24H34Cl2N2OPTi-. The molecular weight excluding hydrogens is 482 g/mol. The number of nitrogens with zero attached hydrogens (tertiary/aromatic N) is 2. The van der Waals surface area contributed by atoms with Crippen LogP contribution in [0.5, 0.6) is 5.75 Å². The van der Waals surface area contributed by atoms with Gasteiger partial charge < -0.3 is 12.5 Å². The average Bonchev–Trinajstić information content (AvgIpc) is 2.70. The van der Waals surface area contributed by atoms with Crippen LogP contribution >= 0.6 is 27.2 Å². The Kier molecular flexibility index (Phi) is 12.7. The number of phenolic OH excluding ortho intramolecular Hbond substituents is 1. The van der Waals surface area contributed by atoms with E-state index in [0.29, 0.717) is 14.3 Å². The average molecular weight is 516 g/mol. The minimum absolute atomic E-state index is 0. The van der Waals surface area contributed by atoms with E-state index < -0.39 is 17.0 Å². The molecule has 1 heterocycles. The maximum absolute atomic E-state index is 10.9. The van der Waals surface area contributed by atoms with Crippen molar-refractivity contribution in [2.75, 3.05) is 13.1 Å². The van der Waals surface area contributed by atoms with E-state index in [9.17, 15) is 5.11 Å². The fourth-order valence-electron chi connectivity index (χ4n) is 3.45. The molecule has 1 atom stereocenters. The predicted molar refractivity (Wildman–Crippen MR) is 137 cm³/mol. The zero-order chi connectivity index (χ0) is 22.1. The van der Waals surface area contributed by atoms with E-state index in [4.69, 9.17) is 23.7 Å². The fourth-order valence-corrected chi connectivity index (χ4v) is 4.77. The van der Waals surface area contributed by atoms with Crippen LogP contribution < -0.4 is 10.6 Å². The van der Waals surface area contributed by atoms with Gasteiger partial charge in [0.15, 0.2) is 0 Å². The summed E-state index contributed by atoms with van der Waals surface area (Å²) in [6.45, 7) is 10.6. The molecule has 0 bridgehead atoms. The predicted octanol–water partition coefficient (Wildman–Crippen LogP) is 6.27. The molecule has 1 unspecified atom stereocenters. The number of aromatic hydroxyl groups is 1. The summed E-state index contributed by atoms with van der Waals surface area (Å²) in [5.41, 5.74) is 3.27. The van der Waals surface area contributed by atoms with Crippen molar-refractivity contribution in [1.29, 1.82) is 0 Å². The molecule has 7 heteroatoms. The van der Waals surface area contributed by atoms with Crippen LogP contribution in [0.3, 0.4) is 0 Å². The van der Waals surface area contributed by atoms with E-state index in [0.717, 1.165) is 29.5 Å². The molecule has 0 spiro atoms. The summed E-state index contributed by atoms with van der Waals surface area (Å²) in [4.78, 5) is 0. The molecule has 0 aromatic heterocycles. The van der Waals surface area contributed by atoms with Gasteiger partial charge in [-0.25, -0.2) is 0 Å². The number of halogens is 2. The molecule has 31 heavy (non-hydrogen) atoms. The van der Waals surface area contributed by atoms with Crippen LogP contribution in [0.15, 0.2) is 41.5 Å². The molecule has 0 amide bonds. The summed E-state index contributed by atoms with van der Waals surface area (Å²) >= 11 is -0.556. The van der Waals surface area contributed by atoms with E-state index >= 15 is 0 Å². The van der Waals surface area contributed by atoms with Crippen molar-refractivity contribution in [2.24, 2.45) is 5.10 Å². The minimum atomic E-state index is -0.556. The summed E-state index contributed by atoms with van der Waals surface area (Å²) in [6, 6.07) is 12.6. The van der Waals surface area contributed by atoms with Gasteiger partial charge in [-0.1, -0.05) is 59.7 Å². The Labute approximate surface area is 207 Å². The molecule has 1 saturated heterocycles. The van der Waals surface area contributed by atoms with Crippen molar-refractivity contribution in [3.8, 4) is 5.75 Å². The summed E-state index contributed by atoms with van der Waals surface area (Å²) in [6.07, 6.45) is 5.76. The molecule has 170 valence electrons.